The molecular weight excluding hydrogens is 380 g/mol. The van der Waals surface area contributed by atoms with Crippen LogP contribution in [0.3, 0.4) is 0 Å². The standard InChI is InChI=1S/C23H36N4O3/c1-24(2)22(28)20-8-6-10-26(20)15-17-12-18(14-19(13-17)30-5)16-27-11-7-9-21(27)23(29)25(3)4/h12-14,20-21H,6-11,15-16H2,1-5H3. The Hall–Kier alpha value is -2.12. The molecule has 0 saturated carbocycles. The van der Waals surface area contributed by atoms with Gasteiger partial charge in [-0.1, -0.05) is 6.07 Å². The Morgan fingerprint density at radius 2 is 1.30 bits per heavy atom. The maximum Gasteiger partial charge on any atom is 0.239 e. The SMILES string of the molecule is COc1cc(CN2CCCC2C(=O)N(C)C)cc(CN2CCCC2C(=O)N(C)C)c1. The van der Waals surface area contributed by atoms with Crippen LogP contribution < -0.4 is 4.74 Å². The minimum atomic E-state index is -0.0460. The summed E-state index contributed by atoms with van der Waals surface area (Å²) in [7, 11) is 8.98. The molecule has 7 nitrogen and oxygen atoms in total. The van der Waals surface area contributed by atoms with Gasteiger partial charge in [-0.05, 0) is 62.0 Å². The number of rotatable bonds is 7. The highest BCUT2D eigenvalue weighted by Crippen LogP contribution is 2.27. The Balaban J connectivity index is 1.75. The highest BCUT2D eigenvalue weighted by Gasteiger charge is 2.33. The molecule has 0 aliphatic carbocycles. The Kier molecular flexibility index (Phi) is 7.36. The third-order valence-corrected chi connectivity index (χ3v) is 6.21. The fourth-order valence-corrected chi connectivity index (χ4v) is 4.68. The van der Waals surface area contributed by atoms with E-state index in [1.807, 2.05) is 28.2 Å². The summed E-state index contributed by atoms with van der Waals surface area (Å²) in [5.41, 5.74) is 2.30. The summed E-state index contributed by atoms with van der Waals surface area (Å²) in [6.07, 6.45) is 3.91. The quantitative estimate of drug-likeness (QED) is 0.679. The molecule has 3 rings (SSSR count). The van der Waals surface area contributed by atoms with Gasteiger partial charge in [0, 0.05) is 41.3 Å². The second-order valence-corrected chi connectivity index (χ2v) is 8.91. The van der Waals surface area contributed by atoms with E-state index >= 15 is 0 Å². The Morgan fingerprint density at radius 1 is 0.867 bits per heavy atom. The van der Waals surface area contributed by atoms with Crippen molar-refractivity contribution in [2.45, 2.75) is 50.9 Å². The van der Waals surface area contributed by atoms with Gasteiger partial charge in [0.05, 0.1) is 19.2 Å². The average molecular weight is 417 g/mol. The van der Waals surface area contributed by atoms with Crippen LogP contribution in [0.4, 0.5) is 0 Å². The molecule has 7 heteroatoms. The van der Waals surface area contributed by atoms with E-state index in [2.05, 4.69) is 28.0 Å². The summed E-state index contributed by atoms with van der Waals surface area (Å²) >= 11 is 0. The van der Waals surface area contributed by atoms with E-state index in [4.69, 9.17) is 4.74 Å². The fourth-order valence-electron chi connectivity index (χ4n) is 4.68. The van der Waals surface area contributed by atoms with Crippen molar-refractivity contribution in [2.75, 3.05) is 48.4 Å². The van der Waals surface area contributed by atoms with Gasteiger partial charge in [-0.2, -0.15) is 0 Å². The van der Waals surface area contributed by atoms with Crippen molar-refractivity contribution in [1.29, 1.82) is 0 Å². The molecule has 2 heterocycles. The molecule has 2 unspecified atom stereocenters. The lowest BCUT2D eigenvalue weighted by molar-refractivity contribution is -0.134. The summed E-state index contributed by atoms with van der Waals surface area (Å²) < 4.78 is 5.56. The molecule has 30 heavy (non-hydrogen) atoms. The van der Waals surface area contributed by atoms with Gasteiger partial charge in [0.25, 0.3) is 0 Å². The predicted molar refractivity (Wildman–Crippen MR) is 117 cm³/mol. The zero-order chi connectivity index (χ0) is 21.8. The van der Waals surface area contributed by atoms with E-state index in [9.17, 15) is 9.59 Å². The highest BCUT2D eigenvalue weighted by molar-refractivity contribution is 5.82. The smallest absolute Gasteiger partial charge is 0.239 e. The predicted octanol–water partition coefficient (Wildman–Crippen LogP) is 1.80. The summed E-state index contributed by atoms with van der Waals surface area (Å²) in [4.78, 5) is 33.0. The van der Waals surface area contributed by atoms with Crippen molar-refractivity contribution in [2.24, 2.45) is 0 Å². The first-order valence-electron chi connectivity index (χ1n) is 10.9. The van der Waals surface area contributed by atoms with Crippen LogP contribution in [0, 0.1) is 0 Å². The number of ether oxygens (including phenoxy) is 1. The number of benzene rings is 1. The number of carbonyl (C=O) groups excluding carboxylic acids is 2. The van der Waals surface area contributed by atoms with E-state index in [1.165, 1.54) is 0 Å². The number of likely N-dealkylation sites (N-methyl/N-ethyl adjacent to an activating group) is 2. The highest BCUT2D eigenvalue weighted by atomic mass is 16.5. The van der Waals surface area contributed by atoms with Crippen molar-refractivity contribution in [1.82, 2.24) is 19.6 Å². The summed E-state index contributed by atoms with van der Waals surface area (Å²) in [6, 6.07) is 6.23. The summed E-state index contributed by atoms with van der Waals surface area (Å²) in [6.45, 7) is 3.33. The van der Waals surface area contributed by atoms with Crippen molar-refractivity contribution >= 4 is 11.8 Å². The van der Waals surface area contributed by atoms with E-state index in [1.54, 1.807) is 16.9 Å². The number of hydrogen-bond donors (Lipinski definition) is 0. The fraction of sp³-hybridized carbons (Fsp3) is 0.652. The maximum absolute atomic E-state index is 12.5. The van der Waals surface area contributed by atoms with E-state index < -0.39 is 0 Å². The van der Waals surface area contributed by atoms with Crippen LogP contribution >= 0.6 is 0 Å². The third-order valence-electron chi connectivity index (χ3n) is 6.21. The Morgan fingerprint density at radius 3 is 1.67 bits per heavy atom. The molecule has 0 bridgehead atoms. The molecule has 2 atom stereocenters. The topological polar surface area (TPSA) is 56.3 Å². The zero-order valence-corrected chi connectivity index (χ0v) is 19.1. The van der Waals surface area contributed by atoms with Crippen LogP contribution in [-0.2, 0) is 22.7 Å². The van der Waals surface area contributed by atoms with Crippen LogP contribution in [0.1, 0.15) is 36.8 Å². The molecule has 2 aliphatic rings. The first-order chi connectivity index (χ1) is 14.3. The molecular formula is C23H36N4O3. The number of hydrogen-bond acceptors (Lipinski definition) is 5. The maximum atomic E-state index is 12.5. The molecule has 166 valence electrons. The van der Waals surface area contributed by atoms with Gasteiger partial charge >= 0.3 is 0 Å². The van der Waals surface area contributed by atoms with Gasteiger partial charge in [0.15, 0.2) is 0 Å². The van der Waals surface area contributed by atoms with Gasteiger partial charge < -0.3 is 14.5 Å². The molecule has 0 radical (unpaired) electrons. The molecule has 0 N–H and O–H groups in total. The molecule has 2 amide bonds. The molecule has 0 spiro atoms. The molecule has 2 saturated heterocycles. The number of likely N-dealkylation sites (tertiary alicyclic amines) is 2. The molecule has 2 aliphatic heterocycles. The Labute approximate surface area is 180 Å². The van der Waals surface area contributed by atoms with Gasteiger partial charge in [0.2, 0.25) is 11.8 Å². The average Bonchev–Trinajstić information content (AvgIpc) is 3.35. The molecule has 2 fully saturated rings. The van der Waals surface area contributed by atoms with E-state index in [0.29, 0.717) is 0 Å². The van der Waals surface area contributed by atoms with Crippen LogP contribution in [0.2, 0.25) is 0 Å². The third kappa shape index (κ3) is 5.13. The largest absolute Gasteiger partial charge is 0.497 e. The normalized spacial score (nSPS) is 22.3. The van der Waals surface area contributed by atoms with Gasteiger partial charge in [-0.25, -0.2) is 0 Å². The number of amides is 2. The second kappa shape index (κ2) is 9.79. The molecule has 1 aromatic carbocycles. The molecule has 0 aromatic heterocycles. The Bertz CT molecular complexity index is 707. The minimum absolute atomic E-state index is 0.0460. The minimum Gasteiger partial charge on any atom is -0.497 e. The summed E-state index contributed by atoms with van der Waals surface area (Å²) in [5.74, 6) is 1.18. The van der Waals surface area contributed by atoms with Crippen LogP contribution in [-0.4, -0.2) is 91.9 Å². The lowest BCUT2D eigenvalue weighted by Crippen LogP contribution is -2.42. The number of methoxy groups -OCH3 is 1. The number of nitrogens with zero attached hydrogens (tertiary/aromatic N) is 4. The monoisotopic (exact) mass is 416 g/mol. The van der Waals surface area contributed by atoms with Crippen molar-refractivity contribution < 1.29 is 14.3 Å². The first-order valence-corrected chi connectivity index (χ1v) is 10.9. The van der Waals surface area contributed by atoms with Crippen LogP contribution in [0.5, 0.6) is 5.75 Å². The van der Waals surface area contributed by atoms with E-state index in [0.717, 1.165) is 68.7 Å². The van der Waals surface area contributed by atoms with Crippen molar-refractivity contribution in [3.63, 3.8) is 0 Å². The lowest BCUT2D eigenvalue weighted by Gasteiger charge is -2.27. The van der Waals surface area contributed by atoms with Crippen LogP contribution in [0.25, 0.3) is 0 Å². The van der Waals surface area contributed by atoms with Gasteiger partial charge in [-0.15, -0.1) is 0 Å². The van der Waals surface area contributed by atoms with Gasteiger partial charge in [-0.3, -0.25) is 19.4 Å². The first kappa shape index (κ1) is 22.6. The van der Waals surface area contributed by atoms with Crippen molar-refractivity contribution in [3.8, 4) is 5.75 Å². The second-order valence-electron chi connectivity index (χ2n) is 8.91. The van der Waals surface area contributed by atoms with Crippen LogP contribution in [0.15, 0.2) is 18.2 Å². The number of carbonyl (C=O) groups is 2. The zero-order valence-electron chi connectivity index (χ0n) is 19.1. The summed E-state index contributed by atoms with van der Waals surface area (Å²) in [5, 5.41) is 0. The molecule has 1 aromatic rings. The lowest BCUT2D eigenvalue weighted by atomic mass is 10.1. The van der Waals surface area contributed by atoms with Gasteiger partial charge in [0.1, 0.15) is 5.75 Å². The van der Waals surface area contributed by atoms with E-state index in [-0.39, 0.29) is 23.9 Å². The van der Waals surface area contributed by atoms with Crippen molar-refractivity contribution in [3.05, 3.63) is 29.3 Å².